The number of carbonyl (C=O) groups is 1. The molecule has 0 saturated carbocycles. The Morgan fingerprint density at radius 2 is 0.968 bits per heavy atom. The van der Waals surface area contributed by atoms with Gasteiger partial charge >= 0.3 is 0 Å². The molecule has 0 fully saturated rings. The molecule has 0 aliphatic heterocycles. The molecule has 0 rings (SSSR count). The summed E-state index contributed by atoms with van der Waals surface area (Å²) >= 11 is 0. The Labute approximate surface area is 195 Å². The molecule has 0 saturated heterocycles. The van der Waals surface area contributed by atoms with Gasteiger partial charge in [-0.15, -0.1) is 0 Å². The van der Waals surface area contributed by atoms with Crippen LogP contribution in [0.15, 0.2) is 48.6 Å². The first-order valence-corrected chi connectivity index (χ1v) is 13.4. The average molecular weight is 429 g/mol. The summed E-state index contributed by atoms with van der Waals surface area (Å²) in [5.41, 5.74) is 0. The molecule has 178 valence electrons. The number of unbranched alkanes of at least 4 members (excludes halogenated alkanes) is 12. The van der Waals surface area contributed by atoms with Gasteiger partial charge in [-0.1, -0.05) is 127 Å². The van der Waals surface area contributed by atoms with Crippen LogP contribution in [0.1, 0.15) is 129 Å². The zero-order valence-corrected chi connectivity index (χ0v) is 20.9. The second-order valence-electron chi connectivity index (χ2n) is 8.88. The smallest absolute Gasteiger partial charge is 0.123 e. The number of allylic oxidation sites excluding steroid dienone is 8. The van der Waals surface area contributed by atoms with Crippen molar-refractivity contribution in [3.05, 3.63) is 48.6 Å². The summed E-state index contributed by atoms with van der Waals surface area (Å²) < 4.78 is 0. The van der Waals surface area contributed by atoms with Gasteiger partial charge < -0.3 is 4.79 Å². The molecule has 0 bridgehead atoms. The van der Waals surface area contributed by atoms with E-state index in [1.54, 1.807) is 0 Å². The van der Waals surface area contributed by atoms with Crippen molar-refractivity contribution in [2.45, 2.75) is 129 Å². The molecule has 1 unspecified atom stereocenters. The Kier molecular flexibility index (Phi) is 25.5. The second-order valence-corrected chi connectivity index (χ2v) is 8.88. The molecule has 0 aromatic rings. The second kappa shape index (κ2) is 26.7. The third-order valence-electron chi connectivity index (χ3n) is 5.79. The predicted molar refractivity (Wildman–Crippen MR) is 141 cm³/mol. The van der Waals surface area contributed by atoms with Gasteiger partial charge in [0.2, 0.25) is 0 Å². The van der Waals surface area contributed by atoms with E-state index in [9.17, 15) is 4.79 Å². The van der Waals surface area contributed by atoms with Gasteiger partial charge in [0.1, 0.15) is 6.29 Å². The van der Waals surface area contributed by atoms with Gasteiger partial charge in [-0.05, 0) is 51.4 Å². The molecule has 0 spiro atoms. The lowest BCUT2D eigenvalue weighted by atomic mass is 9.97. The van der Waals surface area contributed by atoms with E-state index in [0.717, 1.165) is 19.3 Å². The fraction of sp³-hybridized carbons (Fsp3) is 0.700. The van der Waals surface area contributed by atoms with Crippen LogP contribution in [0.3, 0.4) is 0 Å². The summed E-state index contributed by atoms with van der Waals surface area (Å²) in [6, 6.07) is 0. The fourth-order valence-electron chi connectivity index (χ4n) is 3.70. The molecule has 1 atom stereocenters. The molecule has 1 nitrogen and oxygen atoms in total. The summed E-state index contributed by atoms with van der Waals surface area (Å²) in [6.07, 6.45) is 41.3. The molecule has 0 aliphatic rings. The van der Waals surface area contributed by atoms with E-state index in [4.69, 9.17) is 0 Å². The van der Waals surface area contributed by atoms with E-state index in [1.165, 1.54) is 103 Å². The van der Waals surface area contributed by atoms with Crippen LogP contribution in [0.5, 0.6) is 0 Å². The third kappa shape index (κ3) is 24.8. The minimum absolute atomic E-state index is 0.245. The van der Waals surface area contributed by atoms with Gasteiger partial charge in [0.05, 0.1) is 0 Å². The van der Waals surface area contributed by atoms with Gasteiger partial charge in [0.15, 0.2) is 0 Å². The van der Waals surface area contributed by atoms with E-state index in [2.05, 4.69) is 62.5 Å². The molecule has 0 aromatic carbocycles. The lowest BCUT2D eigenvalue weighted by Gasteiger charge is -2.08. The standard InChI is InChI=1S/C30H52O/c1-3-5-7-9-11-13-15-17-19-21-23-25-27-30(29-31)28-26-24-22-20-18-16-14-12-10-8-6-4-2/h7,9,11,13,18,20,22,24,29-30H,3-6,8,10,12,14-17,19,21,23,25-28H2,1-2H3/b9-7-,13-11-,20-18+,24-22+. The van der Waals surface area contributed by atoms with Gasteiger partial charge in [0, 0.05) is 5.92 Å². The van der Waals surface area contributed by atoms with Crippen LogP contribution in [-0.2, 0) is 4.79 Å². The number of carbonyl (C=O) groups excluding carboxylic acids is 1. The number of hydrogen-bond acceptors (Lipinski definition) is 1. The Morgan fingerprint density at radius 3 is 1.52 bits per heavy atom. The van der Waals surface area contributed by atoms with Gasteiger partial charge in [-0.2, -0.15) is 0 Å². The summed E-state index contributed by atoms with van der Waals surface area (Å²) in [4.78, 5) is 11.3. The molecular formula is C30H52O. The summed E-state index contributed by atoms with van der Waals surface area (Å²) in [6.45, 7) is 4.47. The van der Waals surface area contributed by atoms with Gasteiger partial charge in [-0.25, -0.2) is 0 Å². The Bertz CT molecular complexity index is 469. The maximum atomic E-state index is 11.3. The number of rotatable bonds is 23. The summed E-state index contributed by atoms with van der Waals surface area (Å²) in [5.74, 6) is 0.245. The van der Waals surface area contributed by atoms with Crippen LogP contribution < -0.4 is 0 Å². The van der Waals surface area contributed by atoms with E-state index >= 15 is 0 Å². The first-order chi connectivity index (χ1) is 15.3. The van der Waals surface area contributed by atoms with Crippen molar-refractivity contribution in [1.29, 1.82) is 0 Å². The first kappa shape index (κ1) is 29.6. The fourth-order valence-corrected chi connectivity index (χ4v) is 3.70. The highest BCUT2D eigenvalue weighted by molar-refractivity contribution is 5.53. The van der Waals surface area contributed by atoms with Crippen molar-refractivity contribution in [2.75, 3.05) is 0 Å². The van der Waals surface area contributed by atoms with Crippen molar-refractivity contribution in [2.24, 2.45) is 5.92 Å². The maximum Gasteiger partial charge on any atom is 0.123 e. The highest BCUT2D eigenvalue weighted by Crippen LogP contribution is 2.15. The normalized spacial score (nSPS) is 13.4. The minimum atomic E-state index is 0.245. The molecule has 0 aliphatic carbocycles. The Hall–Kier alpha value is -1.37. The molecule has 1 heteroatoms. The Morgan fingerprint density at radius 1 is 0.484 bits per heavy atom. The highest BCUT2D eigenvalue weighted by Gasteiger charge is 2.05. The van der Waals surface area contributed by atoms with E-state index in [-0.39, 0.29) is 5.92 Å². The molecule has 0 radical (unpaired) electrons. The van der Waals surface area contributed by atoms with Crippen LogP contribution in [0.2, 0.25) is 0 Å². The summed E-state index contributed by atoms with van der Waals surface area (Å²) in [7, 11) is 0. The molecule has 0 amide bonds. The molecule has 0 N–H and O–H groups in total. The SMILES string of the molecule is CCC/C=C\C=C/CCCCCCCC(C=O)CC/C=C/C=C/CCCCCCCC. The third-order valence-corrected chi connectivity index (χ3v) is 5.79. The van der Waals surface area contributed by atoms with Gasteiger partial charge in [0.25, 0.3) is 0 Å². The van der Waals surface area contributed by atoms with Crippen LogP contribution in [0, 0.1) is 5.92 Å². The Balaban J connectivity index is 3.53. The minimum Gasteiger partial charge on any atom is -0.303 e. The largest absolute Gasteiger partial charge is 0.303 e. The zero-order valence-electron chi connectivity index (χ0n) is 20.9. The lowest BCUT2D eigenvalue weighted by molar-refractivity contribution is -0.111. The molecular weight excluding hydrogens is 376 g/mol. The summed E-state index contributed by atoms with van der Waals surface area (Å²) in [5, 5.41) is 0. The van der Waals surface area contributed by atoms with Gasteiger partial charge in [-0.3, -0.25) is 0 Å². The monoisotopic (exact) mass is 428 g/mol. The van der Waals surface area contributed by atoms with Crippen LogP contribution in [-0.4, -0.2) is 6.29 Å². The quantitative estimate of drug-likeness (QED) is 0.0898. The molecule has 31 heavy (non-hydrogen) atoms. The average Bonchev–Trinajstić information content (AvgIpc) is 2.79. The van der Waals surface area contributed by atoms with Crippen LogP contribution >= 0.6 is 0 Å². The van der Waals surface area contributed by atoms with Crippen molar-refractivity contribution in [1.82, 2.24) is 0 Å². The van der Waals surface area contributed by atoms with E-state index in [0.29, 0.717) is 0 Å². The van der Waals surface area contributed by atoms with Crippen LogP contribution in [0.4, 0.5) is 0 Å². The van der Waals surface area contributed by atoms with Crippen LogP contribution in [0.25, 0.3) is 0 Å². The van der Waals surface area contributed by atoms with Crippen molar-refractivity contribution in [3.63, 3.8) is 0 Å². The van der Waals surface area contributed by atoms with Crippen molar-refractivity contribution < 1.29 is 4.79 Å². The van der Waals surface area contributed by atoms with Crippen molar-refractivity contribution >= 4 is 6.29 Å². The van der Waals surface area contributed by atoms with Crippen molar-refractivity contribution in [3.8, 4) is 0 Å². The number of aldehydes is 1. The lowest BCUT2D eigenvalue weighted by Crippen LogP contribution is -2.01. The maximum absolute atomic E-state index is 11.3. The number of hydrogen-bond donors (Lipinski definition) is 0. The highest BCUT2D eigenvalue weighted by atomic mass is 16.1. The first-order valence-electron chi connectivity index (χ1n) is 13.4. The topological polar surface area (TPSA) is 17.1 Å². The molecule has 0 heterocycles. The van der Waals surface area contributed by atoms with E-state index in [1.807, 2.05) is 0 Å². The molecule has 0 aromatic heterocycles. The zero-order chi connectivity index (χ0) is 22.7. The van der Waals surface area contributed by atoms with E-state index < -0.39 is 0 Å². The predicted octanol–water partition coefficient (Wildman–Crippen LogP) is 10.1.